The van der Waals surface area contributed by atoms with Gasteiger partial charge in [-0.25, -0.2) is 14.2 Å². The highest BCUT2D eigenvalue weighted by Crippen LogP contribution is 2.56. The number of nitrogens with zero attached hydrogens (tertiary/aromatic N) is 2. The number of fused-ring (bicyclic) bond motifs is 3. The van der Waals surface area contributed by atoms with Gasteiger partial charge in [0.1, 0.15) is 11.0 Å². The third-order valence-corrected chi connectivity index (χ3v) is 6.52. The fraction of sp³-hybridized carbons (Fsp3) is 0.261. The monoisotopic (exact) mass is 424 g/mol. The highest BCUT2D eigenvalue weighted by molar-refractivity contribution is 6.34. The number of carboxylic acid groups (broad SMARTS) is 1. The van der Waals surface area contributed by atoms with Gasteiger partial charge in [0.15, 0.2) is 5.78 Å². The number of carboxylic acids is 1. The molecule has 1 N–H and O–H groups in total. The summed E-state index contributed by atoms with van der Waals surface area (Å²) in [7, 11) is 0. The van der Waals surface area contributed by atoms with E-state index in [2.05, 4.69) is 4.98 Å². The molecule has 2 aromatic heterocycles. The van der Waals surface area contributed by atoms with E-state index in [9.17, 15) is 14.0 Å². The van der Waals surface area contributed by atoms with Gasteiger partial charge in [0.05, 0.1) is 16.8 Å². The second kappa shape index (κ2) is 6.77. The maximum absolute atomic E-state index is 14.9. The van der Waals surface area contributed by atoms with Crippen LogP contribution in [-0.2, 0) is 6.42 Å². The van der Waals surface area contributed by atoms with Gasteiger partial charge in [-0.3, -0.25) is 4.79 Å². The van der Waals surface area contributed by atoms with Crippen molar-refractivity contribution in [1.29, 1.82) is 0 Å². The van der Waals surface area contributed by atoms with Crippen LogP contribution in [0.4, 0.5) is 4.39 Å². The predicted octanol–water partition coefficient (Wildman–Crippen LogP) is 4.95. The number of ketones is 1. The van der Waals surface area contributed by atoms with Gasteiger partial charge < -0.3 is 9.67 Å². The first-order chi connectivity index (χ1) is 14.4. The van der Waals surface area contributed by atoms with Crippen molar-refractivity contribution < 1.29 is 19.1 Å². The Hall–Kier alpha value is -2.99. The third-order valence-electron chi connectivity index (χ3n) is 6.23. The van der Waals surface area contributed by atoms with Crippen molar-refractivity contribution >= 4 is 23.4 Å². The molecule has 2 heterocycles. The molecule has 0 saturated heterocycles. The minimum absolute atomic E-state index is 0.115. The van der Waals surface area contributed by atoms with Crippen LogP contribution in [0.5, 0.6) is 0 Å². The van der Waals surface area contributed by atoms with Crippen molar-refractivity contribution in [2.45, 2.75) is 32.1 Å². The van der Waals surface area contributed by atoms with Crippen molar-refractivity contribution in [1.82, 2.24) is 9.55 Å². The Morgan fingerprint density at radius 1 is 1.30 bits per heavy atom. The zero-order chi connectivity index (χ0) is 21.2. The quantitative estimate of drug-likeness (QED) is 0.475. The molecule has 0 spiro atoms. The first-order valence-corrected chi connectivity index (χ1v) is 10.2. The van der Waals surface area contributed by atoms with Crippen molar-refractivity contribution in [2.75, 3.05) is 0 Å². The standard InChI is InChI=1S/C23H18ClFN2O3/c1-11-6-7-26-22(24)19(11)21(28)16-10-27(20-14(16)4-2-12-8-15(12)20)18-5-3-13(23(29)30)9-17(18)25/h3,5-7,9-10,12,15H,2,4,8H2,1H3,(H,29,30). The molecule has 152 valence electrons. The molecule has 5 nitrogen and oxygen atoms in total. The summed E-state index contributed by atoms with van der Waals surface area (Å²) in [6, 6.07) is 5.59. The maximum atomic E-state index is 14.9. The lowest BCUT2D eigenvalue weighted by Crippen LogP contribution is -2.10. The molecule has 1 saturated carbocycles. The average molecular weight is 425 g/mol. The number of aromatic carboxylic acids is 1. The lowest BCUT2D eigenvalue weighted by Gasteiger charge is -2.16. The van der Waals surface area contributed by atoms with Crippen molar-refractivity contribution in [3.8, 4) is 5.69 Å². The minimum Gasteiger partial charge on any atom is -0.478 e. The van der Waals surface area contributed by atoms with E-state index in [1.807, 2.05) is 6.92 Å². The zero-order valence-corrected chi connectivity index (χ0v) is 16.9. The van der Waals surface area contributed by atoms with Crippen LogP contribution in [0.15, 0.2) is 36.7 Å². The van der Waals surface area contributed by atoms with E-state index < -0.39 is 11.8 Å². The Kier molecular flexibility index (Phi) is 4.29. The highest BCUT2D eigenvalue weighted by atomic mass is 35.5. The van der Waals surface area contributed by atoms with Gasteiger partial charge in [0, 0.05) is 29.6 Å². The van der Waals surface area contributed by atoms with Gasteiger partial charge in [0.25, 0.3) is 0 Å². The number of hydrogen-bond donors (Lipinski definition) is 1. The summed E-state index contributed by atoms with van der Waals surface area (Å²) in [4.78, 5) is 28.7. The molecule has 0 amide bonds. The maximum Gasteiger partial charge on any atom is 0.335 e. The van der Waals surface area contributed by atoms with Gasteiger partial charge in [0.2, 0.25) is 0 Å². The van der Waals surface area contributed by atoms with Gasteiger partial charge >= 0.3 is 5.97 Å². The molecule has 30 heavy (non-hydrogen) atoms. The van der Waals surface area contributed by atoms with E-state index in [-0.39, 0.29) is 22.2 Å². The number of aryl methyl sites for hydroxylation is 1. The topological polar surface area (TPSA) is 72.2 Å². The van der Waals surface area contributed by atoms with Gasteiger partial charge in [-0.1, -0.05) is 11.6 Å². The number of hydrogen-bond acceptors (Lipinski definition) is 3. The van der Waals surface area contributed by atoms with Crippen molar-refractivity contribution in [3.05, 3.63) is 81.1 Å². The van der Waals surface area contributed by atoms with Gasteiger partial charge in [-0.05, 0) is 67.5 Å². The van der Waals surface area contributed by atoms with Crippen LogP contribution in [0.2, 0.25) is 5.15 Å². The Bertz CT molecular complexity index is 1210. The lowest BCUT2D eigenvalue weighted by molar-refractivity contribution is 0.0696. The third kappa shape index (κ3) is 2.86. The molecule has 0 radical (unpaired) electrons. The van der Waals surface area contributed by atoms with E-state index in [1.54, 1.807) is 23.0 Å². The van der Waals surface area contributed by atoms with E-state index in [1.165, 1.54) is 12.1 Å². The van der Waals surface area contributed by atoms with Gasteiger partial charge in [-0.15, -0.1) is 0 Å². The summed E-state index contributed by atoms with van der Waals surface area (Å²) in [6.07, 6.45) is 6.00. The number of aromatic nitrogens is 2. The molecule has 2 atom stereocenters. The molecular weight excluding hydrogens is 407 g/mol. The normalized spacial score (nSPS) is 19.2. The smallest absolute Gasteiger partial charge is 0.335 e. The van der Waals surface area contributed by atoms with Crippen LogP contribution in [0, 0.1) is 18.7 Å². The molecule has 2 aliphatic carbocycles. The Morgan fingerprint density at radius 3 is 2.80 bits per heavy atom. The number of benzene rings is 1. The summed E-state index contributed by atoms with van der Waals surface area (Å²) in [5.41, 5.74) is 3.62. The van der Waals surface area contributed by atoms with Crippen LogP contribution in [0.25, 0.3) is 5.69 Å². The molecule has 0 aliphatic heterocycles. The molecule has 1 aromatic carbocycles. The zero-order valence-electron chi connectivity index (χ0n) is 16.2. The molecule has 2 unspecified atom stereocenters. The predicted molar refractivity (Wildman–Crippen MR) is 109 cm³/mol. The average Bonchev–Trinajstić information content (AvgIpc) is 3.40. The second-order valence-electron chi connectivity index (χ2n) is 8.01. The molecule has 7 heteroatoms. The summed E-state index contributed by atoms with van der Waals surface area (Å²) in [6.45, 7) is 1.81. The first kappa shape index (κ1) is 19.0. The number of pyridine rings is 1. The minimum atomic E-state index is -1.19. The summed E-state index contributed by atoms with van der Waals surface area (Å²) in [5, 5.41) is 9.28. The molecule has 2 aliphatic rings. The van der Waals surface area contributed by atoms with E-state index in [0.717, 1.165) is 42.1 Å². The van der Waals surface area contributed by atoms with Gasteiger partial charge in [-0.2, -0.15) is 0 Å². The first-order valence-electron chi connectivity index (χ1n) is 9.80. The molecule has 5 rings (SSSR count). The van der Waals surface area contributed by atoms with E-state index in [4.69, 9.17) is 16.7 Å². The van der Waals surface area contributed by atoms with Crippen LogP contribution in [-0.4, -0.2) is 26.4 Å². The summed E-state index contributed by atoms with van der Waals surface area (Å²) >= 11 is 6.24. The van der Waals surface area contributed by atoms with Crippen LogP contribution < -0.4 is 0 Å². The Morgan fingerprint density at radius 2 is 2.10 bits per heavy atom. The molecule has 3 aromatic rings. The largest absolute Gasteiger partial charge is 0.478 e. The fourth-order valence-electron chi connectivity index (χ4n) is 4.62. The summed E-state index contributed by atoms with van der Waals surface area (Å²) < 4.78 is 16.6. The molecular formula is C23H18ClFN2O3. The fourth-order valence-corrected chi connectivity index (χ4v) is 4.91. The number of carbonyl (C=O) groups is 2. The van der Waals surface area contributed by atoms with Crippen LogP contribution in [0.1, 0.15) is 61.9 Å². The van der Waals surface area contributed by atoms with Crippen LogP contribution >= 0.6 is 11.6 Å². The van der Waals surface area contributed by atoms with Crippen molar-refractivity contribution in [2.24, 2.45) is 5.92 Å². The highest BCUT2D eigenvalue weighted by Gasteiger charge is 2.46. The number of carbonyl (C=O) groups excluding carboxylic acids is 1. The molecule has 0 bridgehead atoms. The SMILES string of the molecule is Cc1ccnc(Cl)c1C(=O)c1cn(-c2ccc(C(=O)O)cc2F)c2c1CCC1CC21. The number of rotatable bonds is 4. The van der Waals surface area contributed by atoms with E-state index >= 15 is 0 Å². The number of halogens is 2. The summed E-state index contributed by atoms with van der Waals surface area (Å²) in [5.74, 6) is -1.19. The molecule has 1 fully saturated rings. The Balaban J connectivity index is 1.69. The van der Waals surface area contributed by atoms with Crippen LogP contribution in [0.3, 0.4) is 0 Å². The van der Waals surface area contributed by atoms with E-state index in [0.29, 0.717) is 23.0 Å². The Labute approximate surface area is 177 Å². The lowest BCUT2D eigenvalue weighted by atomic mass is 9.91. The second-order valence-corrected chi connectivity index (χ2v) is 8.37. The van der Waals surface area contributed by atoms with Crippen molar-refractivity contribution in [3.63, 3.8) is 0 Å².